The highest BCUT2D eigenvalue weighted by atomic mass is 15.0. The molecule has 100 valence electrons. The molecule has 1 aromatic rings. The molecule has 1 aliphatic carbocycles. The summed E-state index contributed by atoms with van der Waals surface area (Å²) in [6.07, 6.45) is 5.15. The molecule has 0 saturated heterocycles. The third-order valence-electron chi connectivity index (χ3n) is 3.67. The van der Waals surface area contributed by atoms with Crippen LogP contribution in [0.4, 0.5) is 0 Å². The van der Waals surface area contributed by atoms with Crippen LogP contribution >= 0.6 is 0 Å². The van der Waals surface area contributed by atoms with Gasteiger partial charge in [-0.2, -0.15) is 0 Å². The minimum absolute atomic E-state index is 0.586. The summed E-state index contributed by atoms with van der Waals surface area (Å²) in [5.74, 6) is 0. The fourth-order valence-corrected chi connectivity index (χ4v) is 2.22. The molecule has 0 heterocycles. The number of nitrogens with one attached hydrogen (secondary N) is 2. The lowest BCUT2D eigenvalue weighted by Gasteiger charge is -2.14. The standard InChI is InChI=1S/C16H26N2/c1-13-6-3-4-7-15(13)8-5-11-17-14(2)12-18-16-9-10-16/h3-4,6-7,14,16-18H,5,8-12H2,1-2H3. The highest BCUT2D eigenvalue weighted by Gasteiger charge is 2.20. The summed E-state index contributed by atoms with van der Waals surface area (Å²) in [5, 5.41) is 7.15. The van der Waals surface area contributed by atoms with Gasteiger partial charge < -0.3 is 10.6 Å². The Morgan fingerprint density at radius 2 is 2.06 bits per heavy atom. The zero-order chi connectivity index (χ0) is 12.8. The van der Waals surface area contributed by atoms with Crippen molar-refractivity contribution in [3.63, 3.8) is 0 Å². The quantitative estimate of drug-likeness (QED) is 0.689. The van der Waals surface area contributed by atoms with Gasteiger partial charge in [0.15, 0.2) is 0 Å². The first kappa shape index (κ1) is 13.6. The average Bonchev–Trinajstić information content (AvgIpc) is 3.18. The van der Waals surface area contributed by atoms with Crippen molar-refractivity contribution >= 4 is 0 Å². The largest absolute Gasteiger partial charge is 0.313 e. The third-order valence-corrected chi connectivity index (χ3v) is 3.67. The predicted molar refractivity (Wildman–Crippen MR) is 78.0 cm³/mol. The molecule has 0 radical (unpaired) electrons. The molecule has 0 amide bonds. The van der Waals surface area contributed by atoms with Crippen molar-refractivity contribution < 1.29 is 0 Å². The minimum atomic E-state index is 0.586. The minimum Gasteiger partial charge on any atom is -0.313 e. The first-order valence-electron chi connectivity index (χ1n) is 7.27. The van der Waals surface area contributed by atoms with Crippen LogP contribution in [0.1, 0.15) is 37.3 Å². The van der Waals surface area contributed by atoms with E-state index in [2.05, 4.69) is 48.7 Å². The second-order valence-electron chi connectivity index (χ2n) is 5.57. The van der Waals surface area contributed by atoms with Crippen LogP contribution in [0.15, 0.2) is 24.3 Å². The van der Waals surface area contributed by atoms with Gasteiger partial charge in [0.1, 0.15) is 0 Å². The molecule has 2 rings (SSSR count). The maximum atomic E-state index is 3.59. The van der Waals surface area contributed by atoms with Gasteiger partial charge in [0, 0.05) is 18.6 Å². The topological polar surface area (TPSA) is 24.1 Å². The number of benzene rings is 1. The van der Waals surface area contributed by atoms with Gasteiger partial charge in [-0.05, 0) is 57.2 Å². The summed E-state index contributed by atoms with van der Waals surface area (Å²) in [6.45, 7) is 6.69. The highest BCUT2D eigenvalue weighted by Crippen LogP contribution is 2.18. The summed E-state index contributed by atoms with van der Waals surface area (Å²) < 4.78 is 0. The van der Waals surface area contributed by atoms with Gasteiger partial charge in [0.25, 0.3) is 0 Å². The molecule has 1 aliphatic rings. The predicted octanol–water partition coefficient (Wildman–Crippen LogP) is 2.66. The number of rotatable bonds is 8. The lowest BCUT2D eigenvalue weighted by atomic mass is 10.0. The number of hydrogen-bond donors (Lipinski definition) is 2. The van der Waals surface area contributed by atoms with Gasteiger partial charge in [-0.15, -0.1) is 0 Å². The maximum absolute atomic E-state index is 3.59. The van der Waals surface area contributed by atoms with Crippen molar-refractivity contribution in [1.29, 1.82) is 0 Å². The van der Waals surface area contributed by atoms with E-state index >= 15 is 0 Å². The van der Waals surface area contributed by atoms with E-state index in [1.54, 1.807) is 0 Å². The molecule has 18 heavy (non-hydrogen) atoms. The van der Waals surface area contributed by atoms with Crippen molar-refractivity contribution in [3.05, 3.63) is 35.4 Å². The van der Waals surface area contributed by atoms with Crippen LogP contribution in [-0.4, -0.2) is 25.2 Å². The number of aryl methyl sites for hydroxylation is 2. The molecule has 1 aromatic carbocycles. The van der Waals surface area contributed by atoms with Gasteiger partial charge >= 0.3 is 0 Å². The van der Waals surface area contributed by atoms with E-state index in [0.29, 0.717) is 6.04 Å². The Labute approximate surface area is 111 Å². The normalized spacial score (nSPS) is 16.8. The fourth-order valence-electron chi connectivity index (χ4n) is 2.22. The van der Waals surface area contributed by atoms with E-state index in [1.807, 2.05) is 0 Å². The molecule has 0 spiro atoms. The molecule has 0 bridgehead atoms. The molecular weight excluding hydrogens is 220 g/mol. The van der Waals surface area contributed by atoms with Crippen LogP contribution in [0.25, 0.3) is 0 Å². The highest BCUT2D eigenvalue weighted by molar-refractivity contribution is 5.25. The molecule has 0 aromatic heterocycles. The molecule has 1 saturated carbocycles. The monoisotopic (exact) mass is 246 g/mol. The molecular formula is C16H26N2. The first-order valence-corrected chi connectivity index (χ1v) is 7.27. The summed E-state index contributed by atoms with van der Waals surface area (Å²) >= 11 is 0. The van der Waals surface area contributed by atoms with Crippen LogP contribution in [0.3, 0.4) is 0 Å². The smallest absolute Gasteiger partial charge is 0.0164 e. The van der Waals surface area contributed by atoms with E-state index in [0.717, 1.165) is 19.1 Å². The molecule has 2 heteroatoms. The zero-order valence-corrected chi connectivity index (χ0v) is 11.7. The molecule has 2 N–H and O–H groups in total. The van der Waals surface area contributed by atoms with Crippen molar-refractivity contribution in [3.8, 4) is 0 Å². The molecule has 0 aliphatic heterocycles. The van der Waals surface area contributed by atoms with Gasteiger partial charge in [0.2, 0.25) is 0 Å². The van der Waals surface area contributed by atoms with Crippen molar-refractivity contribution in [1.82, 2.24) is 10.6 Å². The van der Waals surface area contributed by atoms with Crippen LogP contribution in [0.2, 0.25) is 0 Å². The lowest BCUT2D eigenvalue weighted by molar-refractivity contribution is 0.494. The van der Waals surface area contributed by atoms with Gasteiger partial charge in [-0.1, -0.05) is 24.3 Å². The maximum Gasteiger partial charge on any atom is 0.0164 e. The summed E-state index contributed by atoms with van der Waals surface area (Å²) in [6, 6.07) is 10.1. The first-order chi connectivity index (χ1) is 8.75. The van der Waals surface area contributed by atoms with Crippen LogP contribution in [0.5, 0.6) is 0 Å². The fraction of sp³-hybridized carbons (Fsp3) is 0.625. The average molecular weight is 246 g/mol. The van der Waals surface area contributed by atoms with Crippen LogP contribution in [-0.2, 0) is 6.42 Å². The Morgan fingerprint density at radius 1 is 1.28 bits per heavy atom. The summed E-state index contributed by atoms with van der Waals surface area (Å²) in [4.78, 5) is 0. The Hall–Kier alpha value is -0.860. The summed E-state index contributed by atoms with van der Waals surface area (Å²) in [5.41, 5.74) is 2.91. The lowest BCUT2D eigenvalue weighted by Crippen LogP contribution is -2.37. The van der Waals surface area contributed by atoms with Gasteiger partial charge in [-0.25, -0.2) is 0 Å². The van der Waals surface area contributed by atoms with Crippen molar-refractivity contribution in [2.45, 2.75) is 51.6 Å². The van der Waals surface area contributed by atoms with E-state index in [1.165, 1.54) is 36.8 Å². The summed E-state index contributed by atoms with van der Waals surface area (Å²) in [7, 11) is 0. The second-order valence-corrected chi connectivity index (χ2v) is 5.57. The third kappa shape index (κ3) is 4.79. The van der Waals surface area contributed by atoms with E-state index in [-0.39, 0.29) is 0 Å². The van der Waals surface area contributed by atoms with Crippen molar-refractivity contribution in [2.75, 3.05) is 13.1 Å². The Morgan fingerprint density at radius 3 is 2.78 bits per heavy atom. The molecule has 2 nitrogen and oxygen atoms in total. The van der Waals surface area contributed by atoms with Gasteiger partial charge in [0.05, 0.1) is 0 Å². The Bertz CT molecular complexity index is 358. The zero-order valence-electron chi connectivity index (χ0n) is 11.7. The molecule has 1 fully saturated rings. The van der Waals surface area contributed by atoms with E-state index in [4.69, 9.17) is 0 Å². The van der Waals surface area contributed by atoms with E-state index in [9.17, 15) is 0 Å². The van der Waals surface area contributed by atoms with Gasteiger partial charge in [-0.3, -0.25) is 0 Å². The SMILES string of the molecule is Cc1ccccc1CCCNC(C)CNC1CC1. The Kier molecular flexibility index (Phi) is 5.21. The van der Waals surface area contributed by atoms with Crippen LogP contribution in [0, 0.1) is 6.92 Å². The Balaban J connectivity index is 1.56. The van der Waals surface area contributed by atoms with Crippen molar-refractivity contribution in [2.24, 2.45) is 0 Å². The number of hydrogen-bond acceptors (Lipinski definition) is 2. The molecule has 1 unspecified atom stereocenters. The second kappa shape index (κ2) is 6.91. The molecule has 1 atom stereocenters. The van der Waals surface area contributed by atoms with Crippen LogP contribution < -0.4 is 10.6 Å². The van der Waals surface area contributed by atoms with E-state index < -0.39 is 0 Å².